The lowest BCUT2D eigenvalue weighted by atomic mass is 10.1. The predicted octanol–water partition coefficient (Wildman–Crippen LogP) is 4.20. The van der Waals surface area contributed by atoms with Crippen LogP contribution in [0.2, 0.25) is 0 Å². The number of ether oxygens (including phenoxy) is 1. The Balaban J connectivity index is 2.25. The van der Waals surface area contributed by atoms with Gasteiger partial charge in [-0.3, -0.25) is 9.59 Å². The summed E-state index contributed by atoms with van der Waals surface area (Å²) in [5.74, 6) is 0.217. The molecule has 2 aromatic rings. The van der Waals surface area contributed by atoms with E-state index < -0.39 is 0 Å². The van der Waals surface area contributed by atoms with Gasteiger partial charge in [0, 0.05) is 11.6 Å². The number of carbonyl (C=O) groups is 2. The average Bonchev–Trinajstić information content (AvgIpc) is 2.68. The number of methoxy groups -OCH3 is 1. The minimum atomic E-state index is -0.285. The van der Waals surface area contributed by atoms with Crippen molar-refractivity contribution in [2.24, 2.45) is 0 Å². The summed E-state index contributed by atoms with van der Waals surface area (Å²) < 4.78 is 5.32. The van der Waals surface area contributed by atoms with E-state index in [0.717, 1.165) is 12.0 Å². The zero-order chi connectivity index (χ0) is 19.8. The first kappa shape index (κ1) is 20.2. The number of carbonyl (C=O) groups excluding carboxylic acids is 2. The van der Waals surface area contributed by atoms with Crippen LogP contribution in [0.3, 0.4) is 0 Å². The van der Waals surface area contributed by atoms with Crippen molar-refractivity contribution in [2.45, 2.75) is 32.7 Å². The smallest absolute Gasteiger partial charge is 0.255 e. The number of allylic oxidation sites excluding steroid dienone is 1. The third kappa shape index (κ3) is 5.20. The maximum absolute atomic E-state index is 12.7. The Bertz CT molecular complexity index is 830. The molecule has 1 atom stereocenters. The lowest BCUT2D eigenvalue weighted by Gasteiger charge is -2.15. The van der Waals surface area contributed by atoms with Crippen molar-refractivity contribution in [1.82, 2.24) is 5.32 Å². The van der Waals surface area contributed by atoms with Gasteiger partial charge in [-0.2, -0.15) is 0 Å². The lowest BCUT2D eigenvalue weighted by molar-refractivity contribution is 0.0940. The first-order valence-corrected chi connectivity index (χ1v) is 8.99. The Morgan fingerprint density at radius 2 is 1.93 bits per heavy atom. The van der Waals surface area contributed by atoms with E-state index >= 15 is 0 Å². The van der Waals surface area contributed by atoms with Crippen LogP contribution in [0.25, 0.3) is 0 Å². The van der Waals surface area contributed by atoms with Gasteiger partial charge in [-0.25, -0.2) is 0 Å². The van der Waals surface area contributed by atoms with E-state index in [-0.39, 0.29) is 17.9 Å². The first-order chi connectivity index (χ1) is 13.0. The van der Waals surface area contributed by atoms with Gasteiger partial charge in [0.2, 0.25) is 0 Å². The van der Waals surface area contributed by atoms with Crippen LogP contribution >= 0.6 is 0 Å². The van der Waals surface area contributed by atoms with E-state index in [9.17, 15) is 9.59 Å². The van der Waals surface area contributed by atoms with Crippen molar-refractivity contribution in [1.29, 1.82) is 0 Å². The monoisotopic (exact) mass is 366 g/mol. The molecule has 2 amide bonds. The van der Waals surface area contributed by atoms with Crippen molar-refractivity contribution >= 4 is 17.5 Å². The predicted molar refractivity (Wildman–Crippen MR) is 109 cm³/mol. The highest BCUT2D eigenvalue weighted by Gasteiger charge is 2.16. The highest BCUT2D eigenvalue weighted by molar-refractivity contribution is 6.09. The Labute approximate surface area is 160 Å². The molecular formula is C22H26N2O3. The molecule has 5 heteroatoms. The number of rotatable bonds is 8. The fourth-order valence-electron chi connectivity index (χ4n) is 2.62. The van der Waals surface area contributed by atoms with E-state index in [2.05, 4.69) is 17.2 Å². The Kier molecular flexibility index (Phi) is 7.17. The van der Waals surface area contributed by atoms with Gasteiger partial charge in [0.15, 0.2) is 0 Å². The molecule has 0 radical (unpaired) electrons. The molecule has 2 aromatic carbocycles. The van der Waals surface area contributed by atoms with Crippen molar-refractivity contribution in [3.63, 3.8) is 0 Å². The van der Waals surface area contributed by atoms with Crippen molar-refractivity contribution in [3.05, 3.63) is 71.8 Å². The third-order valence-electron chi connectivity index (χ3n) is 4.32. The molecule has 0 aliphatic heterocycles. The Morgan fingerprint density at radius 1 is 1.19 bits per heavy atom. The van der Waals surface area contributed by atoms with Crippen LogP contribution in [0.15, 0.2) is 55.1 Å². The number of anilines is 1. The summed E-state index contributed by atoms with van der Waals surface area (Å²) in [6.45, 7) is 7.68. The van der Waals surface area contributed by atoms with Crippen LogP contribution in [-0.4, -0.2) is 25.0 Å². The normalized spacial score (nSPS) is 11.4. The van der Waals surface area contributed by atoms with Crippen molar-refractivity contribution in [3.8, 4) is 5.75 Å². The summed E-state index contributed by atoms with van der Waals surface area (Å²) in [7, 11) is 1.59. The van der Waals surface area contributed by atoms with Gasteiger partial charge >= 0.3 is 0 Å². The number of para-hydroxylation sites is 1. The summed E-state index contributed by atoms with van der Waals surface area (Å²) in [6.07, 6.45) is 3.18. The average molecular weight is 366 g/mol. The number of hydrogen-bond donors (Lipinski definition) is 2. The summed E-state index contributed by atoms with van der Waals surface area (Å²) in [5.41, 5.74) is 2.28. The van der Waals surface area contributed by atoms with Crippen LogP contribution < -0.4 is 15.4 Å². The minimum absolute atomic E-state index is 0.0595. The van der Waals surface area contributed by atoms with Crippen LogP contribution in [0.1, 0.15) is 46.5 Å². The van der Waals surface area contributed by atoms with Gasteiger partial charge in [-0.05, 0) is 55.7 Å². The SMILES string of the molecule is C=CCc1cc(C(=O)Nc2ccccc2C(=O)NC(C)CC)ccc1OC. The number of benzene rings is 2. The van der Waals surface area contributed by atoms with Gasteiger partial charge in [0.05, 0.1) is 18.4 Å². The molecule has 0 fully saturated rings. The highest BCUT2D eigenvalue weighted by atomic mass is 16.5. The molecule has 1 unspecified atom stereocenters. The third-order valence-corrected chi connectivity index (χ3v) is 4.32. The second-order valence-electron chi connectivity index (χ2n) is 6.30. The molecule has 0 bridgehead atoms. The fraction of sp³-hybridized carbons (Fsp3) is 0.273. The summed E-state index contributed by atoms with van der Waals surface area (Å²) >= 11 is 0. The second kappa shape index (κ2) is 9.57. The fourth-order valence-corrected chi connectivity index (χ4v) is 2.62. The van der Waals surface area contributed by atoms with E-state index in [1.165, 1.54) is 0 Å². The van der Waals surface area contributed by atoms with E-state index in [4.69, 9.17) is 4.74 Å². The van der Waals surface area contributed by atoms with Crippen LogP contribution in [0.4, 0.5) is 5.69 Å². The highest BCUT2D eigenvalue weighted by Crippen LogP contribution is 2.22. The molecule has 5 nitrogen and oxygen atoms in total. The Morgan fingerprint density at radius 3 is 2.59 bits per heavy atom. The molecule has 2 N–H and O–H groups in total. The number of amides is 2. The van der Waals surface area contributed by atoms with E-state index in [1.807, 2.05) is 13.8 Å². The maximum atomic E-state index is 12.7. The van der Waals surface area contributed by atoms with Crippen molar-refractivity contribution in [2.75, 3.05) is 12.4 Å². The largest absolute Gasteiger partial charge is 0.496 e. The van der Waals surface area contributed by atoms with Crippen LogP contribution in [0, 0.1) is 0 Å². The molecule has 0 saturated heterocycles. The molecule has 0 heterocycles. The first-order valence-electron chi connectivity index (χ1n) is 8.99. The molecule has 142 valence electrons. The molecule has 0 aliphatic rings. The van der Waals surface area contributed by atoms with E-state index in [0.29, 0.717) is 29.0 Å². The summed E-state index contributed by atoms with van der Waals surface area (Å²) in [4.78, 5) is 25.2. The lowest BCUT2D eigenvalue weighted by Crippen LogP contribution is -2.32. The Hall–Kier alpha value is -3.08. The summed E-state index contributed by atoms with van der Waals surface area (Å²) in [5, 5.41) is 5.76. The standard InChI is InChI=1S/C22H26N2O3/c1-5-9-16-14-17(12-13-20(16)27-4)21(25)24-19-11-8-7-10-18(19)22(26)23-15(3)6-2/h5,7-8,10-15H,1,6,9H2,2-4H3,(H,23,26)(H,24,25). The zero-order valence-electron chi connectivity index (χ0n) is 16.0. The minimum Gasteiger partial charge on any atom is -0.496 e. The summed E-state index contributed by atoms with van der Waals surface area (Å²) in [6, 6.07) is 12.3. The number of hydrogen-bond acceptors (Lipinski definition) is 3. The molecule has 27 heavy (non-hydrogen) atoms. The quantitative estimate of drug-likeness (QED) is 0.688. The molecule has 0 aliphatic carbocycles. The molecule has 2 rings (SSSR count). The number of nitrogens with one attached hydrogen (secondary N) is 2. The van der Waals surface area contributed by atoms with Crippen LogP contribution in [-0.2, 0) is 6.42 Å². The van der Waals surface area contributed by atoms with Gasteiger partial charge < -0.3 is 15.4 Å². The van der Waals surface area contributed by atoms with Gasteiger partial charge in [-0.15, -0.1) is 6.58 Å². The maximum Gasteiger partial charge on any atom is 0.255 e. The van der Waals surface area contributed by atoms with Gasteiger partial charge in [0.1, 0.15) is 5.75 Å². The topological polar surface area (TPSA) is 67.4 Å². The molecule has 0 spiro atoms. The van der Waals surface area contributed by atoms with Gasteiger partial charge in [0.25, 0.3) is 11.8 Å². The second-order valence-corrected chi connectivity index (χ2v) is 6.30. The molecule has 0 saturated carbocycles. The van der Waals surface area contributed by atoms with Crippen LogP contribution in [0.5, 0.6) is 5.75 Å². The van der Waals surface area contributed by atoms with Gasteiger partial charge in [-0.1, -0.05) is 25.1 Å². The van der Waals surface area contributed by atoms with E-state index in [1.54, 1.807) is 55.7 Å². The zero-order valence-corrected chi connectivity index (χ0v) is 16.0. The van der Waals surface area contributed by atoms with Crippen molar-refractivity contribution < 1.29 is 14.3 Å². The molecular weight excluding hydrogens is 340 g/mol. The molecule has 0 aromatic heterocycles.